The second kappa shape index (κ2) is 8.78. The highest BCUT2D eigenvalue weighted by Crippen LogP contribution is 2.38. The highest BCUT2D eigenvalue weighted by molar-refractivity contribution is 7.99. The maximum absolute atomic E-state index is 14.6. The fourth-order valence-corrected chi connectivity index (χ4v) is 5.49. The molecule has 0 bridgehead atoms. The lowest BCUT2D eigenvalue weighted by Gasteiger charge is -2.29. The number of aromatic nitrogens is 5. The van der Waals surface area contributed by atoms with Gasteiger partial charge in [0, 0.05) is 34.1 Å². The molecule has 1 aliphatic rings. The Morgan fingerprint density at radius 1 is 1.24 bits per heavy atom. The van der Waals surface area contributed by atoms with Crippen LogP contribution in [0.5, 0.6) is 0 Å². The molecule has 10 heteroatoms. The summed E-state index contributed by atoms with van der Waals surface area (Å²) in [5, 5.41) is 18.8. The molecule has 0 radical (unpaired) electrons. The van der Waals surface area contributed by atoms with Gasteiger partial charge in [-0.05, 0) is 52.0 Å². The first kappa shape index (κ1) is 21.9. The third-order valence-corrected chi connectivity index (χ3v) is 7.40. The SMILES string of the molecule is Cc1c(-c2cc(Sc3nccc(Cl)c3F)c3c(C#N)cnn3c2)cnn1C1CCN(C)CC1. The Labute approximate surface area is 199 Å². The van der Waals surface area contributed by atoms with E-state index in [1.807, 2.05) is 18.5 Å². The van der Waals surface area contributed by atoms with E-state index in [1.54, 1.807) is 4.52 Å². The summed E-state index contributed by atoms with van der Waals surface area (Å²) in [6, 6.07) is 5.88. The molecule has 5 rings (SSSR count). The summed E-state index contributed by atoms with van der Waals surface area (Å²) in [5.74, 6) is -0.586. The molecule has 0 unspecified atom stereocenters. The number of nitriles is 1. The summed E-state index contributed by atoms with van der Waals surface area (Å²) >= 11 is 7.08. The van der Waals surface area contributed by atoms with Crippen LogP contribution >= 0.6 is 23.4 Å². The fourth-order valence-electron chi connectivity index (χ4n) is 4.28. The zero-order valence-electron chi connectivity index (χ0n) is 18.2. The maximum Gasteiger partial charge on any atom is 0.174 e. The van der Waals surface area contributed by atoms with Crippen LogP contribution in [0.4, 0.5) is 4.39 Å². The van der Waals surface area contributed by atoms with Crippen molar-refractivity contribution in [3.05, 3.63) is 59.0 Å². The van der Waals surface area contributed by atoms with E-state index in [2.05, 4.69) is 39.7 Å². The smallest absolute Gasteiger partial charge is 0.174 e. The van der Waals surface area contributed by atoms with Gasteiger partial charge >= 0.3 is 0 Å². The van der Waals surface area contributed by atoms with Gasteiger partial charge in [0.25, 0.3) is 0 Å². The molecule has 4 aromatic rings. The minimum absolute atomic E-state index is 0.00365. The normalized spacial score (nSPS) is 15.2. The van der Waals surface area contributed by atoms with E-state index in [4.69, 9.17) is 16.7 Å². The van der Waals surface area contributed by atoms with Gasteiger partial charge in [-0.2, -0.15) is 15.5 Å². The van der Waals surface area contributed by atoms with Crippen molar-refractivity contribution in [1.82, 2.24) is 29.3 Å². The minimum Gasteiger partial charge on any atom is -0.306 e. The molecule has 0 aromatic carbocycles. The zero-order chi connectivity index (χ0) is 23.1. The number of rotatable bonds is 4. The van der Waals surface area contributed by atoms with Gasteiger partial charge in [-0.1, -0.05) is 23.4 Å². The third kappa shape index (κ3) is 3.99. The van der Waals surface area contributed by atoms with Crippen LogP contribution in [0.3, 0.4) is 0 Å². The van der Waals surface area contributed by atoms with Gasteiger partial charge in [-0.3, -0.25) is 4.68 Å². The number of hydrogen-bond acceptors (Lipinski definition) is 6. The van der Waals surface area contributed by atoms with E-state index in [0.717, 1.165) is 54.5 Å². The van der Waals surface area contributed by atoms with E-state index >= 15 is 0 Å². The van der Waals surface area contributed by atoms with Crippen LogP contribution in [0.2, 0.25) is 5.02 Å². The first-order valence-electron chi connectivity index (χ1n) is 10.6. The molecule has 4 aromatic heterocycles. The van der Waals surface area contributed by atoms with Crippen molar-refractivity contribution in [1.29, 1.82) is 5.26 Å². The van der Waals surface area contributed by atoms with Crippen LogP contribution in [-0.2, 0) is 0 Å². The van der Waals surface area contributed by atoms with Crippen molar-refractivity contribution in [3.8, 4) is 17.2 Å². The standard InChI is InChI=1S/C23H21ClFN7S/c1-14-18(12-29-32(14)17-4-7-30(2)8-5-17)15-9-20(22-16(10-26)11-28-31(22)13-15)33-23-21(25)19(24)3-6-27-23/h3,6,9,11-13,17H,4-5,7-8H2,1-2H3. The van der Waals surface area contributed by atoms with Gasteiger partial charge in [-0.25, -0.2) is 13.9 Å². The van der Waals surface area contributed by atoms with Crippen LogP contribution in [0, 0.1) is 24.1 Å². The third-order valence-electron chi connectivity index (χ3n) is 6.10. The van der Waals surface area contributed by atoms with E-state index in [9.17, 15) is 9.65 Å². The first-order chi connectivity index (χ1) is 16.0. The first-order valence-corrected chi connectivity index (χ1v) is 11.8. The van der Waals surface area contributed by atoms with Gasteiger partial charge in [0.05, 0.1) is 34.5 Å². The molecule has 7 nitrogen and oxygen atoms in total. The van der Waals surface area contributed by atoms with Crippen molar-refractivity contribution in [2.24, 2.45) is 0 Å². The van der Waals surface area contributed by atoms with Crippen LogP contribution in [-0.4, -0.2) is 49.4 Å². The quantitative estimate of drug-likeness (QED) is 0.409. The van der Waals surface area contributed by atoms with E-state index in [1.165, 1.54) is 18.5 Å². The number of halogens is 2. The zero-order valence-corrected chi connectivity index (χ0v) is 19.7. The van der Waals surface area contributed by atoms with Crippen LogP contribution < -0.4 is 0 Å². The van der Waals surface area contributed by atoms with Gasteiger partial charge in [-0.15, -0.1) is 0 Å². The monoisotopic (exact) mass is 481 g/mol. The molecular weight excluding hydrogens is 461 g/mol. The number of fused-ring (bicyclic) bond motifs is 1. The molecule has 168 valence electrons. The van der Waals surface area contributed by atoms with Crippen LogP contribution in [0.1, 0.15) is 30.1 Å². The predicted molar refractivity (Wildman–Crippen MR) is 125 cm³/mol. The summed E-state index contributed by atoms with van der Waals surface area (Å²) in [6.07, 6.45) is 8.85. The molecule has 1 aliphatic heterocycles. The fraction of sp³-hybridized carbons (Fsp3) is 0.304. The molecule has 0 spiro atoms. The van der Waals surface area contributed by atoms with Gasteiger partial charge in [0.2, 0.25) is 0 Å². The lowest BCUT2D eigenvalue weighted by molar-refractivity contribution is 0.210. The number of nitrogens with zero attached hydrogens (tertiary/aromatic N) is 7. The number of piperidine rings is 1. The Hall–Kier alpha value is -2.93. The van der Waals surface area contributed by atoms with Gasteiger partial charge in [0.15, 0.2) is 5.82 Å². The lowest BCUT2D eigenvalue weighted by Crippen LogP contribution is -2.32. The molecule has 0 N–H and O–H groups in total. The summed E-state index contributed by atoms with van der Waals surface area (Å²) in [4.78, 5) is 7.15. The topological polar surface area (TPSA) is 75.0 Å². The maximum atomic E-state index is 14.6. The van der Waals surface area contributed by atoms with Crippen molar-refractivity contribution < 1.29 is 4.39 Å². The Morgan fingerprint density at radius 3 is 2.79 bits per heavy atom. The van der Waals surface area contributed by atoms with Crippen LogP contribution in [0.25, 0.3) is 16.6 Å². The minimum atomic E-state index is -0.586. The van der Waals surface area contributed by atoms with Crippen molar-refractivity contribution in [2.75, 3.05) is 20.1 Å². The summed E-state index contributed by atoms with van der Waals surface area (Å²) < 4.78 is 18.4. The summed E-state index contributed by atoms with van der Waals surface area (Å²) in [6.45, 7) is 4.17. The van der Waals surface area contributed by atoms with Gasteiger partial charge in [0.1, 0.15) is 11.1 Å². The highest BCUT2D eigenvalue weighted by Gasteiger charge is 2.23. The van der Waals surface area contributed by atoms with Gasteiger partial charge < -0.3 is 4.90 Å². The number of pyridine rings is 2. The van der Waals surface area contributed by atoms with Crippen molar-refractivity contribution in [3.63, 3.8) is 0 Å². The molecule has 0 amide bonds. The van der Waals surface area contributed by atoms with E-state index < -0.39 is 5.82 Å². The lowest BCUT2D eigenvalue weighted by atomic mass is 10.0. The largest absolute Gasteiger partial charge is 0.306 e. The Balaban J connectivity index is 1.59. The summed E-state index contributed by atoms with van der Waals surface area (Å²) in [5.41, 5.74) is 3.94. The highest BCUT2D eigenvalue weighted by atomic mass is 35.5. The van der Waals surface area contributed by atoms with Crippen molar-refractivity contribution >= 4 is 28.9 Å². The van der Waals surface area contributed by atoms with E-state index in [0.29, 0.717) is 22.0 Å². The molecule has 0 atom stereocenters. The second-order valence-electron chi connectivity index (χ2n) is 8.19. The number of likely N-dealkylation sites (tertiary alicyclic amines) is 1. The molecule has 0 aliphatic carbocycles. The van der Waals surface area contributed by atoms with Crippen LogP contribution in [0.15, 0.2) is 46.8 Å². The Kier molecular flexibility index (Phi) is 5.83. The average Bonchev–Trinajstić information content (AvgIpc) is 3.41. The summed E-state index contributed by atoms with van der Waals surface area (Å²) in [7, 11) is 2.14. The molecule has 5 heterocycles. The van der Waals surface area contributed by atoms with Crippen molar-refractivity contribution in [2.45, 2.75) is 35.7 Å². The second-order valence-corrected chi connectivity index (χ2v) is 9.63. The Morgan fingerprint density at radius 2 is 2.03 bits per heavy atom. The Bertz CT molecular complexity index is 1380. The van der Waals surface area contributed by atoms with E-state index in [-0.39, 0.29) is 10.0 Å². The predicted octanol–water partition coefficient (Wildman–Crippen LogP) is 4.98. The molecule has 33 heavy (non-hydrogen) atoms. The molecule has 1 fully saturated rings. The number of hydrogen-bond donors (Lipinski definition) is 0. The molecular formula is C23H21ClFN7S. The average molecular weight is 482 g/mol. The molecule has 1 saturated heterocycles. The molecule has 0 saturated carbocycles.